The molecule has 0 saturated heterocycles. The molecule has 2 atom stereocenters. The van der Waals surface area contributed by atoms with Gasteiger partial charge in [0.15, 0.2) is 0 Å². The van der Waals surface area contributed by atoms with Gasteiger partial charge in [0.2, 0.25) is 15.9 Å². The fourth-order valence-electron chi connectivity index (χ4n) is 3.54. The molecule has 0 bridgehead atoms. The summed E-state index contributed by atoms with van der Waals surface area (Å²) >= 11 is 0. The lowest BCUT2D eigenvalue weighted by Crippen LogP contribution is -2.45. The number of hydrogen-bond acceptors (Lipinski definition) is 4. The topological polar surface area (TPSA) is 95.6 Å². The molecule has 28 heavy (non-hydrogen) atoms. The van der Waals surface area contributed by atoms with Crippen LogP contribution in [0.25, 0.3) is 0 Å². The van der Waals surface area contributed by atoms with E-state index in [9.17, 15) is 18.0 Å². The number of sulfonamides is 1. The molecule has 1 saturated carbocycles. The Labute approximate surface area is 167 Å². The Hall–Kier alpha value is -1.93. The number of nitrogens with one attached hydrogen (secondary N) is 2. The number of amides is 2. The van der Waals surface area contributed by atoms with Crippen molar-refractivity contribution in [2.75, 3.05) is 19.6 Å². The summed E-state index contributed by atoms with van der Waals surface area (Å²) in [4.78, 5) is 24.5. The van der Waals surface area contributed by atoms with Gasteiger partial charge in [0.1, 0.15) is 0 Å². The van der Waals surface area contributed by atoms with Gasteiger partial charge in [-0.2, -0.15) is 4.31 Å². The average Bonchev–Trinajstić information content (AvgIpc) is 2.68. The van der Waals surface area contributed by atoms with Crippen molar-refractivity contribution in [1.82, 2.24) is 14.9 Å². The minimum Gasteiger partial charge on any atom is -0.352 e. The van der Waals surface area contributed by atoms with Crippen LogP contribution in [0.15, 0.2) is 29.2 Å². The highest BCUT2D eigenvalue weighted by Crippen LogP contribution is 2.23. The molecule has 1 aromatic carbocycles. The summed E-state index contributed by atoms with van der Waals surface area (Å²) in [5.41, 5.74) is 0.317. The van der Waals surface area contributed by atoms with Gasteiger partial charge in [-0.15, -0.1) is 0 Å². The quantitative estimate of drug-likeness (QED) is 0.688. The van der Waals surface area contributed by atoms with Crippen LogP contribution in [0.3, 0.4) is 0 Å². The second-order valence-electron chi connectivity index (χ2n) is 7.23. The SMILES string of the molecule is CCN(CC)S(=O)(=O)c1ccc(C(=O)NCC(=O)N[C@H]2CCCC[C@@H]2C)cc1. The van der Waals surface area contributed by atoms with Crippen molar-refractivity contribution >= 4 is 21.8 Å². The van der Waals surface area contributed by atoms with Crippen molar-refractivity contribution in [3.05, 3.63) is 29.8 Å². The second-order valence-corrected chi connectivity index (χ2v) is 9.17. The molecule has 0 spiro atoms. The van der Waals surface area contributed by atoms with Gasteiger partial charge in [-0.25, -0.2) is 8.42 Å². The van der Waals surface area contributed by atoms with E-state index in [1.807, 2.05) is 0 Å². The summed E-state index contributed by atoms with van der Waals surface area (Å²) in [6.07, 6.45) is 4.40. The highest BCUT2D eigenvalue weighted by molar-refractivity contribution is 7.89. The molecule has 0 radical (unpaired) electrons. The maximum atomic E-state index is 12.5. The first-order valence-electron chi connectivity index (χ1n) is 9.97. The van der Waals surface area contributed by atoms with Gasteiger partial charge < -0.3 is 10.6 Å². The van der Waals surface area contributed by atoms with E-state index in [1.165, 1.54) is 35.0 Å². The second kappa shape index (κ2) is 10.0. The van der Waals surface area contributed by atoms with Crippen LogP contribution in [0, 0.1) is 5.92 Å². The number of carbonyl (C=O) groups excluding carboxylic acids is 2. The molecule has 1 aromatic rings. The molecule has 7 nitrogen and oxygen atoms in total. The van der Waals surface area contributed by atoms with E-state index < -0.39 is 15.9 Å². The van der Waals surface area contributed by atoms with Gasteiger partial charge >= 0.3 is 0 Å². The summed E-state index contributed by atoms with van der Waals surface area (Å²) < 4.78 is 26.3. The third-order valence-corrected chi connectivity index (χ3v) is 7.39. The monoisotopic (exact) mass is 409 g/mol. The molecular weight excluding hydrogens is 378 g/mol. The molecule has 1 fully saturated rings. The number of hydrogen-bond donors (Lipinski definition) is 2. The van der Waals surface area contributed by atoms with Crippen LogP contribution in [-0.2, 0) is 14.8 Å². The van der Waals surface area contributed by atoms with E-state index in [0.29, 0.717) is 24.6 Å². The van der Waals surface area contributed by atoms with Gasteiger partial charge in [0, 0.05) is 24.7 Å². The smallest absolute Gasteiger partial charge is 0.251 e. The Morgan fingerprint density at radius 2 is 1.68 bits per heavy atom. The Kier molecular flexibility index (Phi) is 8.00. The molecule has 0 aromatic heterocycles. The molecule has 1 aliphatic rings. The Balaban J connectivity index is 1.91. The molecule has 2 N–H and O–H groups in total. The third kappa shape index (κ3) is 5.54. The van der Waals surface area contributed by atoms with Crippen molar-refractivity contribution in [1.29, 1.82) is 0 Å². The van der Waals surface area contributed by atoms with Crippen molar-refractivity contribution < 1.29 is 18.0 Å². The Morgan fingerprint density at radius 3 is 2.25 bits per heavy atom. The molecule has 0 aliphatic heterocycles. The first-order valence-corrected chi connectivity index (χ1v) is 11.4. The van der Waals surface area contributed by atoms with Crippen LogP contribution in [0.1, 0.15) is 56.8 Å². The molecule has 0 heterocycles. The normalized spacial score (nSPS) is 20.0. The van der Waals surface area contributed by atoms with Crippen molar-refractivity contribution in [2.45, 2.75) is 57.4 Å². The highest BCUT2D eigenvalue weighted by Gasteiger charge is 2.23. The first-order chi connectivity index (χ1) is 13.3. The molecular formula is C20H31N3O4S. The zero-order valence-electron chi connectivity index (χ0n) is 16.9. The zero-order chi connectivity index (χ0) is 20.7. The minimum absolute atomic E-state index is 0.0957. The van der Waals surface area contributed by atoms with Crippen LogP contribution in [-0.4, -0.2) is 50.2 Å². The molecule has 1 aliphatic carbocycles. The molecule has 2 rings (SSSR count). The first kappa shape index (κ1) is 22.4. The third-order valence-electron chi connectivity index (χ3n) is 5.33. The average molecular weight is 410 g/mol. The number of nitrogens with zero attached hydrogens (tertiary/aromatic N) is 1. The summed E-state index contributed by atoms with van der Waals surface area (Å²) in [7, 11) is -3.55. The number of benzene rings is 1. The van der Waals surface area contributed by atoms with E-state index >= 15 is 0 Å². The maximum Gasteiger partial charge on any atom is 0.251 e. The van der Waals surface area contributed by atoms with E-state index in [1.54, 1.807) is 13.8 Å². The van der Waals surface area contributed by atoms with Crippen LogP contribution >= 0.6 is 0 Å². The Morgan fingerprint density at radius 1 is 1.07 bits per heavy atom. The highest BCUT2D eigenvalue weighted by atomic mass is 32.2. The predicted molar refractivity (Wildman–Crippen MR) is 108 cm³/mol. The fraction of sp³-hybridized carbons (Fsp3) is 0.600. The lowest BCUT2D eigenvalue weighted by atomic mass is 9.86. The van der Waals surface area contributed by atoms with E-state index in [0.717, 1.165) is 19.3 Å². The molecule has 0 unspecified atom stereocenters. The lowest BCUT2D eigenvalue weighted by molar-refractivity contribution is -0.121. The standard InChI is InChI=1S/C20H31N3O4S/c1-4-23(5-2)28(26,27)17-12-10-16(11-13-17)20(25)21-14-19(24)22-18-9-7-6-8-15(18)3/h10-13,15,18H,4-9,14H2,1-3H3,(H,21,25)(H,22,24)/t15-,18-/m0/s1. The van der Waals surface area contributed by atoms with Gasteiger partial charge in [0.25, 0.3) is 5.91 Å². The van der Waals surface area contributed by atoms with Crippen LogP contribution in [0.5, 0.6) is 0 Å². The number of rotatable bonds is 8. The zero-order valence-corrected chi connectivity index (χ0v) is 17.7. The van der Waals surface area contributed by atoms with Crippen molar-refractivity contribution in [2.24, 2.45) is 5.92 Å². The lowest BCUT2D eigenvalue weighted by Gasteiger charge is -2.29. The maximum absolute atomic E-state index is 12.5. The van der Waals surface area contributed by atoms with Gasteiger partial charge in [-0.3, -0.25) is 9.59 Å². The van der Waals surface area contributed by atoms with Crippen LogP contribution < -0.4 is 10.6 Å². The Bertz CT molecular complexity index is 773. The summed E-state index contributed by atoms with van der Waals surface area (Å²) in [6, 6.07) is 5.95. The minimum atomic E-state index is -3.55. The summed E-state index contributed by atoms with van der Waals surface area (Å²) in [6.45, 7) is 6.37. The van der Waals surface area contributed by atoms with Gasteiger partial charge in [-0.1, -0.05) is 33.6 Å². The molecule has 2 amide bonds. The number of carbonyl (C=O) groups is 2. The molecule has 8 heteroatoms. The van der Waals surface area contributed by atoms with E-state index in [2.05, 4.69) is 17.6 Å². The fourth-order valence-corrected chi connectivity index (χ4v) is 5.00. The summed E-state index contributed by atoms with van der Waals surface area (Å²) in [5, 5.41) is 5.59. The van der Waals surface area contributed by atoms with Gasteiger partial charge in [-0.05, 0) is 43.0 Å². The largest absolute Gasteiger partial charge is 0.352 e. The van der Waals surface area contributed by atoms with E-state index in [4.69, 9.17) is 0 Å². The van der Waals surface area contributed by atoms with Crippen molar-refractivity contribution in [3.8, 4) is 0 Å². The molecule has 156 valence electrons. The predicted octanol–water partition coefficient (Wildman–Crippen LogP) is 2.14. The van der Waals surface area contributed by atoms with Crippen LogP contribution in [0.4, 0.5) is 0 Å². The van der Waals surface area contributed by atoms with Gasteiger partial charge in [0.05, 0.1) is 11.4 Å². The van der Waals surface area contributed by atoms with Crippen molar-refractivity contribution in [3.63, 3.8) is 0 Å². The summed E-state index contributed by atoms with van der Waals surface area (Å²) in [5.74, 6) is -0.153. The van der Waals surface area contributed by atoms with Crippen LogP contribution in [0.2, 0.25) is 0 Å². The van der Waals surface area contributed by atoms with E-state index in [-0.39, 0.29) is 23.4 Å².